The molecule has 0 bridgehead atoms. The fourth-order valence-corrected chi connectivity index (χ4v) is 4.30. The van der Waals surface area contributed by atoms with Gasteiger partial charge in [-0.2, -0.15) is 0 Å². The number of halogens is 1. The average molecular weight is 273 g/mol. The fourth-order valence-electron chi connectivity index (χ4n) is 1.75. The third-order valence-electron chi connectivity index (χ3n) is 2.79. The Morgan fingerprint density at radius 3 is 1.88 bits per heavy atom. The van der Waals surface area contributed by atoms with Gasteiger partial charge >= 0.3 is 0 Å². The molecule has 0 unspecified atom stereocenters. The van der Waals surface area contributed by atoms with Crippen molar-refractivity contribution in [3.05, 3.63) is 35.9 Å². The molecule has 1 aromatic rings. The van der Waals surface area contributed by atoms with Crippen LogP contribution in [0.15, 0.2) is 30.3 Å². The van der Waals surface area contributed by atoms with Crippen molar-refractivity contribution in [2.75, 3.05) is 11.5 Å². The van der Waals surface area contributed by atoms with Gasteiger partial charge in [-0.25, -0.2) is 0 Å². The summed E-state index contributed by atoms with van der Waals surface area (Å²) in [6.07, 6.45) is 5.48. The van der Waals surface area contributed by atoms with Crippen molar-refractivity contribution in [1.82, 2.24) is 0 Å². The van der Waals surface area contributed by atoms with Gasteiger partial charge in [-0.15, -0.1) is 0 Å². The quantitative estimate of drug-likeness (QED) is 0.628. The second-order valence-corrected chi connectivity index (χ2v) is 6.69. The van der Waals surface area contributed by atoms with Gasteiger partial charge in [0.2, 0.25) is 0 Å². The Morgan fingerprint density at radius 1 is 0.882 bits per heavy atom. The maximum Gasteiger partial charge on any atom is 0.133 e. The minimum atomic E-state index is 0. The largest absolute Gasteiger partial charge is 1.00 e. The summed E-state index contributed by atoms with van der Waals surface area (Å²) in [6.45, 7) is 4.59. The van der Waals surface area contributed by atoms with Crippen molar-refractivity contribution in [1.29, 1.82) is 0 Å². The molecule has 0 aliphatic carbocycles. The van der Waals surface area contributed by atoms with Crippen LogP contribution >= 0.6 is 0 Å². The molecule has 0 radical (unpaired) electrons. The van der Waals surface area contributed by atoms with Crippen LogP contribution in [-0.2, 0) is 16.6 Å². The van der Waals surface area contributed by atoms with Crippen LogP contribution in [-0.4, -0.2) is 11.5 Å². The number of rotatable bonds is 8. The molecule has 0 amide bonds. The Morgan fingerprint density at radius 2 is 1.41 bits per heavy atom. The monoisotopic (exact) mass is 272 g/mol. The topological polar surface area (TPSA) is 0 Å². The van der Waals surface area contributed by atoms with E-state index in [1.54, 1.807) is 0 Å². The zero-order valence-electron chi connectivity index (χ0n) is 11.1. The Hall–Kier alpha value is -0.140. The van der Waals surface area contributed by atoms with Crippen LogP contribution in [0.3, 0.4) is 0 Å². The first-order valence-corrected chi connectivity index (χ1v) is 8.28. The summed E-state index contributed by atoms with van der Waals surface area (Å²) in [7, 11) is 0.625. The van der Waals surface area contributed by atoms with Crippen LogP contribution in [0.5, 0.6) is 0 Å². The van der Waals surface area contributed by atoms with Gasteiger partial charge in [0.05, 0.1) is 0 Å². The van der Waals surface area contributed by atoms with Crippen molar-refractivity contribution in [3.8, 4) is 0 Å². The molecule has 0 aliphatic rings. The second kappa shape index (κ2) is 11.0. The Bertz CT molecular complexity index is 253. The summed E-state index contributed by atoms with van der Waals surface area (Å²) in [5.41, 5.74) is 1.53. The van der Waals surface area contributed by atoms with Crippen LogP contribution in [0.4, 0.5) is 0 Å². The van der Waals surface area contributed by atoms with Gasteiger partial charge in [0.25, 0.3) is 0 Å². The molecule has 0 saturated carbocycles. The zero-order chi connectivity index (χ0) is 11.6. The van der Waals surface area contributed by atoms with E-state index in [1.165, 1.54) is 48.5 Å². The molecule has 2 heteroatoms. The molecule has 0 fully saturated rings. The van der Waals surface area contributed by atoms with Crippen LogP contribution in [0.25, 0.3) is 0 Å². The molecule has 0 nitrogen and oxygen atoms in total. The van der Waals surface area contributed by atoms with Gasteiger partial charge in [-0.3, -0.25) is 0 Å². The average Bonchev–Trinajstić information content (AvgIpc) is 2.34. The first-order valence-electron chi connectivity index (χ1n) is 6.54. The molecule has 17 heavy (non-hydrogen) atoms. The molecule has 0 heterocycles. The van der Waals surface area contributed by atoms with Gasteiger partial charge in [-0.05, 0) is 23.7 Å². The van der Waals surface area contributed by atoms with E-state index in [4.69, 9.17) is 0 Å². The molecule has 98 valence electrons. The van der Waals surface area contributed by atoms with E-state index in [9.17, 15) is 0 Å². The highest BCUT2D eigenvalue weighted by Crippen LogP contribution is 2.13. The molecular weight excluding hydrogens is 248 g/mol. The summed E-state index contributed by atoms with van der Waals surface area (Å²) < 4.78 is 0. The van der Waals surface area contributed by atoms with Crippen molar-refractivity contribution >= 4 is 10.9 Å². The van der Waals surface area contributed by atoms with Gasteiger partial charge in [0, 0.05) is 5.56 Å². The molecule has 0 spiro atoms. The van der Waals surface area contributed by atoms with E-state index in [-0.39, 0.29) is 12.4 Å². The van der Waals surface area contributed by atoms with E-state index in [0.717, 1.165) is 0 Å². The molecule has 0 aromatic heterocycles. The molecule has 0 aliphatic heterocycles. The molecule has 0 atom stereocenters. The van der Waals surface area contributed by atoms with Gasteiger partial charge in [0.1, 0.15) is 17.3 Å². The summed E-state index contributed by atoms with van der Waals surface area (Å²) in [5, 5.41) is 0. The van der Waals surface area contributed by atoms with E-state index in [0.29, 0.717) is 10.9 Å². The number of hydrogen-bond donors (Lipinski definition) is 0. The molecule has 1 rings (SSSR count). The minimum absolute atomic E-state index is 0. The van der Waals surface area contributed by atoms with Crippen LogP contribution in [0.1, 0.15) is 45.1 Å². The standard InChI is InChI=1S/C15H25S.ClH/c1-3-5-12-16(13-6-4-2)14-15-10-8-7-9-11-15;/h7-11H,3-6,12-14H2,1-2H3;1H/q+1;/p-1. The number of benzene rings is 1. The second-order valence-electron chi connectivity index (χ2n) is 4.36. The van der Waals surface area contributed by atoms with Crippen LogP contribution < -0.4 is 12.4 Å². The number of unbranched alkanes of at least 4 members (excludes halogenated alkanes) is 2. The van der Waals surface area contributed by atoms with Crippen molar-refractivity contribution < 1.29 is 12.4 Å². The Balaban J connectivity index is 0.00000256. The Kier molecular flexibility index (Phi) is 10.9. The predicted octanol–water partition coefficient (Wildman–Crippen LogP) is 1.41. The molecular formula is C15H25ClS. The lowest BCUT2D eigenvalue weighted by Gasteiger charge is -2.08. The highest BCUT2D eigenvalue weighted by Gasteiger charge is 2.16. The molecule has 1 aromatic carbocycles. The smallest absolute Gasteiger partial charge is 0.133 e. The highest BCUT2D eigenvalue weighted by molar-refractivity contribution is 7.96. The minimum Gasteiger partial charge on any atom is -1.00 e. The summed E-state index contributed by atoms with van der Waals surface area (Å²) >= 11 is 0. The third-order valence-corrected chi connectivity index (χ3v) is 5.26. The summed E-state index contributed by atoms with van der Waals surface area (Å²) in [4.78, 5) is 0. The first-order chi connectivity index (χ1) is 7.86. The maximum absolute atomic E-state index is 2.30. The van der Waals surface area contributed by atoms with Crippen LogP contribution in [0.2, 0.25) is 0 Å². The van der Waals surface area contributed by atoms with Crippen molar-refractivity contribution in [2.24, 2.45) is 0 Å². The van der Waals surface area contributed by atoms with Gasteiger partial charge in [-0.1, -0.05) is 57.0 Å². The van der Waals surface area contributed by atoms with E-state index >= 15 is 0 Å². The maximum atomic E-state index is 2.30. The summed E-state index contributed by atoms with van der Waals surface area (Å²) in [6, 6.07) is 11.0. The van der Waals surface area contributed by atoms with Crippen LogP contribution in [0, 0.1) is 0 Å². The lowest BCUT2D eigenvalue weighted by atomic mass is 10.2. The Labute approximate surface area is 116 Å². The fraction of sp³-hybridized carbons (Fsp3) is 0.600. The lowest BCUT2D eigenvalue weighted by Crippen LogP contribution is -3.00. The van der Waals surface area contributed by atoms with E-state index in [1.807, 2.05) is 0 Å². The number of hydrogen-bond acceptors (Lipinski definition) is 0. The van der Waals surface area contributed by atoms with E-state index in [2.05, 4.69) is 44.2 Å². The SMILES string of the molecule is CCCC[S+](CCCC)Cc1ccccc1.[Cl-]. The predicted molar refractivity (Wildman–Crippen MR) is 77.1 cm³/mol. The summed E-state index contributed by atoms with van der Waals surface area (Å²) in [5.74, 6) is 4.18. The zero-order valence-corrected chi connectivity index (χ0v) is 12.7. The third kappa shape index (κ3) is 7.72. The molecule has 0 saturated heterocycles. The van der Waals surface area contributed by atoms with Gasteiger partial charge in [0.15, 0.2) is 0 Å². The van der Waals surface area contributed by atoms with Gasteiger partial charge < -0.3 is 12.4 Å². The normalized spacial score (nSPS) is 10.3. The molecule has 0 N–H and O–H groups in total. The van der Waals surface area contributed by atoms with Crippen molar-refractivity contribution in [3.63, 3.8) is 0 Å². The van der Waals surface area contributed by atoms with Crippen molar-refractivity contribution in [2.45, 2.75) is 45.3 Å². The lowest BCUT2D eigenvalue weighted by molar-refractivity contribution is -0.00000351. The van der Waals surface area contributed by atoms with E-state index < -0.39 is 0 Å². The highest BCUT2D eigenvalue weighted by atomic mass is 35.5. The first kappa shape index (κ1) is 16.9.